The highest BCUT2D eigenvalue weighted by Crippen LogP contribution is 2.65. The highest BCUT2D eigenvalue weighted by Gasteiger charge is 2.73. The monoisotopic (exact) mass is 575 g/mol. The summed E-state index contributed by atoms with van der Waals surface area (Å²) in [6.45, 7) is 2.05. The van der Waals surface area contributed by atoms with E-state index in [9.17, 15) is 29.4 Å². The third kappa shape index (κ3) is 4.79. The van der Waals surface area contributed by atoms with Gasteiger partial charge in [0, 0.05) is 24.6 Å². The van der Waals surface area contributed by atoms with E-state index in [1.165, 1.54) is 6.92 Å². The van der Waals surface area contributed by atoms with E-state index in [1.807, 2.05) is 13.1 Å². The molecule has 0 aromatic heterocycles. The summed E-state index contributed by atoms with van der Waals surface area (Å²) in [5.41, 5.74) is 5.22. The van der Waals surface area contributed by atoms with Crippen LogP contribution in [0.5, 0.6) is 11.5 Å². The van der Waals surface area contributed by atoms with Gasteiger partial charge in [0.15, 0.2) is 17.6 Å². The molecule has 2 unspecified atom stereocenters. The number of carbonyl (C=O) groups is 4. The molecule has 2 bridgehead atoms. The van der Waals surface area contributed by atoms with Crippen LogP contribution in [0.15, 0.2) is 12.1 Å². The number of nitrogens with two attached hydrogens (primary N) is 1. The summed E-state index contributed by atoms with van der Waals surface area (Å²) in [5, 5.41) is 34.1. The number of piperidine rings is 1. The number of amides is 1. The highest BCUT2D eigenvalue weighted by atomic mass is 16.6. The minimum atomic E-state index is -1.23. The van der Waals surface area contributed by atoms with E-state index in [2.05, 4.69) is 10.2 Å². The number of hydrogen-bond acceptors (Lipinski definition) is 11. The number of aliphatic carboxylic acids is 1. The van der Waals surface area contributed by atoms with Crippen molar-refractivity contribution in [2.45, 2.75) is 93.3 Å². The summed E-state index contributed by atoms with van der Waals surface area (Å²) in [6.07, 6.45) is -1.12. The number of phenols is 1. The van der Waals surface area contributed by atoms with E-state index < -0.39 is 59.2 Å². The molecule has 1 saturated carbocycles. The summed E-state index contributed by atoms with van der Waals surface area (Å²) in [7, 11) is 2.00. The Labute approximate surface area is 236 Å². The van der Waals surface area contributed by atoms with Crippen molar-refractivity contribution >= 4 is 23.8 Å². The lowest BCUT2D eigenvalue weighted by Gasteiger charge is -2.63. The standard InChI is InChI=1S/C28H37N3O10/c1-14(39-21(34)8-11-30-20(33)6-4-16(29)25(35)36)26(37)40-18-7-9-28(38)19-13-15-3-5-17(32)23-22(15)27(28,24(18)41-23)10-12-31(19)2/h3,5,14,16,18-19,24,32,38H,4,6-13,29H2,1-2H3,(H,30,33)(H,35,36)/t14-,16-,18?,19?,24-,27-,28-/m0/s1. The molecule has 1 aromatic carbocycles. The Hall–Kier alpha value is -3.42. The molecule has 7 atom stereocenters. The molecule has 13 heteroatoms. The molecule has 2 heterocycles. The maximum absolute atomic E-state index is 13.0. The third-order valence-electron chi connectivity index (χ3n) is 9.23. The quantitative estimate of drug-likeness (QED) is 0.229. The van der Waals surface area contributed by atoms with E-state index in [4.69, 9.17) is 25.1 Å². The molecule has 2 aliphatic carbocycles. The molecule has 2 fully saturated rings. The van der Waals surface area contributed by atoms with Crippen LogP contribution in [0.4, 0.5) is 0 Å². The Morgan fingerprint density at radius 2 is 2.00 bits per heavy atom. The molecule has 1 spiro atoms. The van der Waals surface area contributed by atoms with Crippen LogP contribution < -0.4 is 15.8 Å². The number of nitrogens with zero attached hydrogens (tertiary/aromatic N) is 1. The Balaban J connectivity index is 1.20. The van der Waals surface area contributed by atoms with Gasteiger partial charge in [0.25, 0.3) is 0 Å². The fraction of sp³-hybridized carbons (Fsp3) is 0.643. The smallest absolute Gasteiger partial charge is 0.347 e. The van der Waals surface area contributed by atoms with Gasteiger partial charge in [-0.15, -0.1) is 0 Å². The predicted octanol–water partition coefficient (Wildman–Crippen LogP) is -0.282. The summed E-state index contributed by atoms with van der Waals surface area (Å²) in [4.78, 5) is 50.0. The van der Waals surface area contributed by atoms with Crippen molar-refractivity contribution in [1.82, 2.24) is 10.2 Å². The average molecular weight is 576 g/mol. The normalized spacial score (nSPS) is 30.8. The van der Waals surface area contributed by atoms with Gasteiger partial charge in [-0.1, -0.05) is 6.07 Å². The van der Waals surface area contributed by atoms with Gasteiger partial charge in [0.2, 0.25) is 5.91 Å². The Morgan fingerprint density at radius 1 is 1.24 bits per heavy atom. The number of nitrogens with one attached hydrogen (secondary N) is 1. The van der Waals surface area contributed by atoms with Crippen LogP contribution in [0.2, 0.25) is 0 Å². The van der Waals surface area contributed by atoms with Gasteiger partial charge in [0.1, 0.15) is 18.2 Å². The molecule has 1 amide bonds. The number of phenolic OH excluding ortho intramolecular Hbond substituents is 1. The van der Waals surface area contributed by atoms with E-state index in [0.29, 0.717) is 38.0 Å². The molecule has 224 valence electrons. The van der Waals surface area contributed by atoms with Gasteiger partial charge in [-0.3, -0.25) is 14.4 Å². The number of rotatable bonds is 10. The zero-order valence-electron chi connectivity index (χ0n) is 23.1. The lowest BCUT2D eigenvalue weighted by Crippen LogP contribution is -2.76. The largest absolute Gasteiger partial charge is 0.504 e. The minimum absolute atomic E-state index is 0.0172. The van der Waals surface area contributed by atoms with Crippen molar-refractivity contribution in [3.8, 4) is 11.5 Å². The molecule has 2 aliphatic heterocycles. The van der Waals surface area contributed by atoms with Gasteiger partial charge in [0.05, 0.1) is 17.4 Å². The first-order valence-corrected chi connectivity index (χ1v) is 14.0. The lowest BCUT2D eigenvalue weighted by molar-refractivity contribution is -0.216. The number of ether oxygens (including phenoxy) is 3. The van der Waals surface area contributed by atoms with Gasteiger partial charge >= 0.3 is 17.9 Å². The Morgan fingerprint density at radius 3 is 2.73 bits per heavy atom. The number of aliphatic hydroxyl groups is 1. The van der Waals surface area contributed by atoms with Crippen molar-refractivity contribution in [3.63, 3.8) is 0 Å². The summed E-state index contributed by atoms with van der Waals surface area (Å²) >= 11 is 0. The molecule has 5 rings (SSSR count). The maximum atomic E-state index is 13.0. The average Bonchev–Trinajstić information content (AvgIpc) is 3.28. The lowest BCUT2D eigenvalue weighted by atomic mass is 9.48. The van der Waals surface area contributed by atoms with Crippen molar-refractivity contribution < 1.29 is 48.7 Å². The van der Waals surface area contributed by atoms with Gasteiger partial charge in [-0.05, 0) is 64.3 Å². The number of carboxylic acid groups (broad SMARTS) is 1. The number of likely N-dealkylation sites (N-methyl/N-ethyl adjacent to an activating group) is 1. The summed E-state index contributed by atoms with van der Waals surface area (Å²) in [5.74, 6) is -2.82. The van der Waals surface area contributed by atoms with Crippen molar-refractivity contribution in [2.24, 2.45) is 5.73 Å². The van der Waals surface area contributed by atoms with Crippen molar-refractivity contribution in [1.29, 1.82) is 0 Å². The number of likely N-dealkylation sites (tertiary alicyclic amines) is 1. The molecule has 13 nitrogen and oxygen atoms in total. The maximum Gasteiger partial charge on any atom is 0.347 e. The highest BCUT2D eigenvalue weighted by molar-refractivity contribution is 5.81. The number of benzene rings is 1. The molecule has 1 aromatic rings. The van der Waals surface area contributed by atoms with E-state index in [1.54, 1.807) is 6.07 Å². The second-order valence-corrected chi connectivity index (χ2v) is 11.6. The molecule has 41 heavy (non-hydrogen) atoms. The molecule has 6 N–H and O–H groups in total. The third-order valence-corrected chi connectivity index (χ3v) is 9.23. The van der Waals surface area contributed by atoms with Crippen LogP contribution in [0.1, 0.15) is 56.6 Å². The molecular formula is C28H37N3O10. The number of aromatic hydroxyl groups is 1. The van der Waals surface area contributed by atoms with Crippen LogP contribution in [0, 0.1) is 0 Å². The molecule has 1 saturated heterocycles. The van der Waals surface area contributed by atoms with Crippen LogP contribution in [0.3, 0.4) is 0 Å². The minimum Gasteiger partial charge on any atom is -0.504 e. The Kier molecular flexibility index (Phi) is 7.64. The Bertz CT molecular complexity index is 1260. The van der Waals surface area contributed by atoms with Gasteiger partial charge in [-0.2, -0.15) is 0 Å². The fourth-order valence-electron chi connectivity index (χ4n) is 7.18. The SMILES string of the molecule is C[C@H](OC(=O)CCNC(=O)CC[C@H](N)C(=O)O)C(=O)OC1CC[C@]2(O)C3Cc4ccc(O)c5c4[C@@]2(CCN3C)[C@H]1O5. The van der Waals surface area contributed by atoms with E-state index in [-0.39, 0.29) is 37.6 Å². The predicted molar refractivity (Wildman–Crippen MR) is 141 cm³/mol. The van der Waals surface area contributed by atoms with Crippen LogP contribution in [-0.2, 0) is 40.5 Å². The van der Waals surface area contributed by atoms with Gasteiger partial charge < -0.3 is 45.5 Å². The van der Waals surface area contributed by atoms with Crippen LogP contribution in [0.25, 0.3) is 0 Å². The van der Waals surface area contributed by atoms with E-state index >= 15 is 0 Å². The van der Waals surface area contributed by atoms with Crippen molar-refractivity contribution in [3.05, 3.63) is 23.3 Å². The molecule has 0 radical (unpaired) electrons. The number of esters is 2. The fourth-order valence-corrected chi connectivity index (χ4v) is 7.18. The first kappa shape index (κ1) is 29.1. The van der Waals surface area contributed by atoms with Crippen LogP contribution in [-0.4, -0.2) is 100 Å². The zero-order valence-corrected chi connectivity index (χ0v) is 23.1. The first-order valence-electron chi connectivity index (χ1n) is 14.0. The molecule has 4 aliphatic rings. The zero-order chi connectivity index (χ0) is 29.7. The van der Waals surface area contributed by atoms with Gasteiger partial charge in [-0.25, -0.2) is 4.79 Å². The summed E-state index contributed by atoms with van der Waals surface area (Å²) < 4.78 is 17.4. The number of hydrogen-bond donors (Lipinski definition) is 5. The van der Waals surface area contributed by atoms with E-state index in [0.717, 1.165) is 11.1 Å². The van der Waals surface area contributed by atoms with Crippen LogP contribution >= 0.6 is 0 Å². The second-order valence-electron chi connectivity index (χ2n) is 11.6. The topological polar surface area (TPSA) is 198 Å². The number of carbonyl (C=O) groups excluding carboxylic acids is 3. The molecular weight excluding hydrogens is 538 g/mol. The first-order chi connectivity index (χ1) is 19.4. The van der Waals surface area contributed by atoms with Crippen molar-refractivity contribution in [2.75, 3.05) is 20.1 Å². The number of carboxylic acids is 1. The second kappa shape index (κ2) is 10.8. The summed E-state index contributed by atoms with van der Waals surface area (Å²) in [6, 6.07) is 2.18.